The number of nitrogens with zero attached hydrogens (tertiary/aromatic N) is 1. The highest BCUT2D eigenvalue weighted by molar-refractivity contribution is 6.08. The van der Waals surface area contributed by atoms with Crippen LogP contribution in [0, 0.1) is 5.82 Å². The third kappa shape index (κ3) is 2.93. The van der Waals surface area contributed by atoms with Crippen molar-refractivity contribution in [3.8, 4) is 0 Å². The number of rotatable bonds is 4. The number of carbonyl (C=O) groups excluding carboxylic acids is 3. The Labute approximate surface area is 127 Å². The smallest absolute Gasteiger partial charge is 0.326 e. The predicted octanol–water partition coefficient (Wildman–Crippen LogP) is 1.54. The highest BCUT2D eigenvalue weighted by Gasteiger charge is 2.49. The Bertz CT molecular complexity index is 614. The Morgan fingerprint density at radius 1 is 1.32 bits per heavy atom. The van der Waals surface area contributed by atoms with Gasteiger partial charge in [-0.1, -0.05) is 12.1 Å². The van der Waals surface area contributed by atoms with Crippen LogP contribution in [0.15, 0.2) is 24.3 Å². The van der Waals surface area contributed by atoms with Crippen LogP contribution in [0.4, 0.5) is 9.18 Å². The van der Waals surface area contributed by atoms with E-state index in [4.69, 9.17) is 4.74 Å². The number of benzene rings is 1. The van der Waals surface area contributed by atoms with Crippen LogP contribution in [0.5, 0.6) is 0 Å². The lowest BCUT2D eigenvalue weighted by molar-refractivity contribution is -0.150. The molecule has 0 spiro atoms. The third-order valence-corrected chi connectivity index (χ3v) is 3.35. The van der Waals surface area contributed by atoms with Crippen molar-refractivity contribution in [2.75, 3.05) is 6.54 Å². The summed E-state index contributed by atoms with van der Waals surface area (Å²) in [5.74, 6) is -1.69. The lowest BCUT2D eigenvalue weighted by Gasteiger charge is -2.22. The summed E-state index contributed by atoms with van der Waals surface area (Å²) in [7, 11) is 0. The Hall–Kier alpha value is -2.44. The van der Waals surface area contributed by atoms with Crippen LogP contribution in [0.2, 0.25) is 0 Å². The van der Waals surface area contributed by atoms with Gasteiger partial charge in [-0.2, -0.15) is 0 Å². The first-order chi connectivity index (χ1) is 10.2. The zero-order valence-electron chi connectivity index (χ0n) is 12.6. The molecule has 0 bridgehead atoms. The molecule has 1 aliphatic rings. The molecule has 1 aromatic carbocycles. The number of hydrogen-bond donors (Lipinski definition) is 1. The summed E-state index contributed by atoms with van der Waals surface area (Å²) in [6.45, 7) is 4.40. The first kappa shape index (κ1) is 15.9. The third-order valence-electron chi connectivity index (χ3n) is 3.35. The maximum atomic E-state index is 13.0. The van der Waals surface area contributed by atoms with Crippen molar-refractivity contribution >= 4 is 17.9 Å². The molecule has 1 saturated heterocycles. The molecule has 3 amide bonds. The average molecular weight is 308 g/mol. The van der Waals surface area contributed by atoms with E-state index >= 15 is 0 Å². The molecular weight excluding hydrogens is 291 g/mol. The van der Waals surface area contributed by atoms with Gasteiger partial charge in [-0.15, -0.1) is 0 Å². The zero-order valence-corrected chi connectivity index (χ0v) is 12.6. The van der Waals surface area contributed by atoms with Gasteiger partial charge in [-0.3, -0.25) is 14.5 Å². The number of esters is 1. The summed E-state index contributed by atoms with van der Waals surface area (Å²) in [6, 6.07) is 4.57. The van der Waals surface area contributed by atoms with E-state index in [-0.39, 0.29) is 6.10 Å². The second-order valence-corrected chi connectivity index (χ2v) is 5.49. The topological polar surface area (TPSA) is 75.7 Å². The van der Waals surface area contributed by atoms with Crippen molar-refractivity contribution < 1.29 is 23.5 Å². The Balaban J connectivity index is 2.20. The molecular formula is C15H17FN2O4. The van der Waals surface area contributed by atoms with Gasteiger partial charge in [0.15, 0.2) is 0 Å². The molecule has 7 heteroatoms. The SMILES string of the molecule is CC(C)OC(=O)CN1C(=O)N[C@](C)(c2ccc(F)cc2)C1=O. The van der Waals surface area contributed by atoms with Crippen molar-refractivity contribution in [3.63, 3.8) is 0 Å². The summed E-state index contributed by atoms with van der Waals surface area (Å²) < 4.78 is 17.9. The van der Waals surface area contributed by atoms with E-state index in [1.165, 1.54) is 31.2 Å². The normalized spacial score (nSPS) is 21.2. The van der Waals surface area contributed by atoms with Crippen molar-refractivity contribution in [1.82, 2.24) is 10.2 Å². The van der Waals surface area contributed by atoms with Crippen LogP contribution in [0.25, 0.3) is 0 Å². The van der Waals surface area contributed by atoms with E-state index < -0.39 is 35.8 Å². The molecule has 0 saturated carbocycles. The van der Waals surface area contributed by atoms with Crippen LogP contribution in [-0.2, 0) is 19.9 Å². The van der Waals surface area contributed by atoms with Gasteiger partial charge in [0.1, 0.15) is 17.9 Å². The lowest BCUT2D eigenvalue weighted by Crippen LogP contribution is -2.41. The molecule has 1 N–H and O–H groups in total. The average Bonchev–Trinajstić information content (AvgIpc) is 2.63. The van der Waals surface area contributed by atoms with Crippen molar-refractivity contribution in [2.24, 2.45) is 0 Å². The Morgan fingerprint density at radius 2 is 1.91 bits per heavy atom. The Kier molecular flexibility index (Phi) is 4.16. The van der Waals surface area contributed by atoms with E-state index in [0.29, 0.717) is 5.56 Å². The number of imide groups is 1. The fourth-order valence-corrected chi connectivity index (χ4v) is 2.25. The number of ether oxygens (including phenoxy) is 1. The van der Waals surface area contributed by atoms with E-state index in [1.807, 2.05) is 0 Å². The molecule has 2 rings (SSSR count). The number of amides is 3. The van der Waals surface area contributed by atoms with Crippen molar-refractivity contribution in [3.05, 3.63) is 35.6 Å². The fourth-order valence-electron chi connectivity index (χ4n) is 2.25. The van der Waals surface area contributed by atoms with Gasteiger partial charge >= 0.3 is 12.0 Å². The molecule has 1 atom stereocenters. The van der Waals surface area contributed by atoms with Crippen LogP contribution >= 0.6 is 0 Å². The lowest BCUT2D eigenvalue weighted by atomic mass is 9.92. The van der Waals surface area contributed by atoms with Crippen LogP contribution in [0.1, 0.15) is 26.3 Å². The molecule has 1 aliphatic heterocycles. The van der Waals surface area contributed by atoms with E-state index in [2.05, 4.69) is 5.32 Å². The van der Waals surface area contributed by atoms with Gasteiger partial charge in [-0.05, 0) is 38.5 Å². The number of hydrogen-bond acceptors (Lipinski definition) is 4. The van der Waals surface area contributed by atoms with Crippen LogP contribution in [-0.4, -0.2) is 35.5 Å². The summed E-state index contributed by atoms with van der Waals surface area (Å²) in [5, 5.41) is 2.53. The molecule has 6 nitrogen and oxygen atoms in total. The maximum Gasteiger partial charge on any atom is 0.326 e. The summed E-state index contributed by atoms with van der Waals surface area (Å²) in [4.78, 5) is 36.9. The van der Waals surface area contributed by atoms with Crippen molar-refractivity contribution in [2.45, 2.75) is 32.4 Å². The molecule has 1 aromatic rings. The number of nitrogens with one attached hydrogen (secondary N) is 1. The van der Waals surface area contributed by atoms with Gasteiger partial charge < -0.3 is 10.1 Å². The number of halogens is 1. The Morgan fingerprint density at radius 3 is 2.45 bits per heavy atom. The van der Waals surface area contributed by atoms with Crippen molar-refractivity contribution in [1.29, 1.82) is 0 Å². The van der Waals surface area contributed by atoms with Crippen LogP contribution < -0.4 is 5.32 Å². The van der Waals surface area contributed by atoms with Gasteiger partial charge in [0.05, 0.1) is 6.10 Å². The van der Waals surface area contributed by atoms with E-state index in [1.54, 1.807) is 13.8 Å². The number of urea groups is 1. The molecule has 22 heavy (non-hydrogen) atoms. The molecule has 118 valence electrons. The van der Waals surface area contributed by atoms with Gasteiger partial charge in [0.2, 0.25) is 0 Å². The predicted molar refractivity (Wildman–Crippen MR) is 75.2 cm³/mol. The van der Waals surface area contributed by atoms with Crippen LogP contribution in [0.3, 0.4) is 0 Å². The molecule has 1 fully saturated rings. The molecule has 0 radical (unpaired) electrons. The zero-order chi connectivity index (χ0) is 16.5. The van der Waals surface area contributed by atoms with Gasteiger partial charge in [0, 0.05) is 0 Å². The van der Waals surface area contributed by atoms with E-state index in [0.717, 1.165) is 4.90 Å². The second kappa shape index (κ2) is 5.75. The largest absolute Gasteiger partial charge is 0.462 e. The molecule has 1 heterocycles. The standard InChI is InChI=1S/C15H17FN2O4/c1-9(2)22-12(19)8-18-13(20)15(3,17-14(18)21)10-4-6-11(16)7-5-10/h4-7,9H,8H2,1-3H3,(H,17,21)/t15-/m1/s1. The highest BCUT2D eigenvalue weighted by atomic mass is 19.1. The monoisotopic (exact) mass is 308 g/mol. The second-order valence-electron chi connectivity index (χ2n) is 5.49. The molecule has 0 aromatic heterocycles. The first-order valence-electron chi connectivity index (χ1n) is 6.83. The minimum absolute atomic E-state index is 0.336. The van der Waals surface area contributed by atoms with E-state index in [9.17, 15) is 18.8 Å². The van der Waals surface area contributed by atoms with Gasteiger partial charge in [-0.25, -0.2) is 9.18 Å². The summed E-state index contributed by atoms with van der Waals surface area (Å²) >= 11 is 0. The summed E-state index contributed by atoms with van der Waals surface area (Å²) in [6.07, 6.45) is -0.336. The maximum absolute atomic E-state index is 13.0. The van der Waals surface area contributed by atoms with Gasteiger partial charge in [0.25, 0.3) is 5.91 Å². The molecule has 0 unspecified atom stereocenters. The minimum Gasteiger partial charge on any atom is -0.462 e. The summed E-state index contributed by atoms with van der Waals surface area (Å²) in [5.41, 5.74) is -0.893. The minimum atomic E-state index is -1.33. The fraction of sp³-hybridized carbons (Fsp3) is 0.400. The number of carbonyl (C=O) groups is 3. The highest BCUT2D eigenvalue weighted by Crippen LogP contribution is 2.28. The quantitative estimate of drug-likeness (QED) is 0.676. The molecule has 0 aliphatic carbocycles. The first-order valence-corrected chi connectivity index (χ1v) is 6.83.